The molecule has 0 radical (unpaired) electrons. The zero-order valence-electron chi connectivity index (χ0n) is 8.24. The quantitative estimate of drug-likeness (QED) is 0.675. The lowest BCUT2D eigenvalue weighted by Gasteiger charge is -1.97. The molecule has 1 unspecified atom stereocenters. The monoisotopic (exact) mass is 218 g/mol. The highest BCUT2D eigenvalue weighted by molar-refractivity contribution is 7.84. The molecule has 1 aromatic rings. The molecule has 1 aromatic heterocycles. The van der Waals surface area contributed by atoms with Gasteiger partial charge in [0.2, 0.25) is 5.89 Å². The molecule has 0 aliphatic carbocycles. The Morgan fingerprint density at radius 1 is 1.50 bits per heavy atom. The van der Waals surface area contributed by atoms with Crippen LogP contribution in [0.1, 0.15) is 5.89 Å². The van der Waals surface area contributed by atoms with E-state index in [4.69, 9.17) is 4.42 Å². The Balaban J connectivity index is 2.32. The van der Waals surface area contributed by atoms with Gasteiger partial charge in [0.15, 0.2) is 0 Å². The summed E-state index contributed by atoms with van der Waals surface area (Å²) in [4.78, 5) is 0. The van der Waals surface area contributed by atoms with Crippen LogP contribution in [0.2, 0.25) is 0 Å². The van der Waals surface area contributed by atoms with E-state index in [0.29, 0.717) is 30.7 Å². The molecule has 1 atom stereocenters. The van der Waals surface area contributed by atoms with Crippen molar-refractivity contribution in [3.63, 3.8) is 0 Å². The van der Waals surface area contributed by atoms with E-state index >= 15 is 0 Å². The normalized spacial score (nSPS) is 12.7. The van der Waals surface area contributed by atoms with Gasteiger partial charge in [0.05, 0.1) is 6.54 Å². The van der Waals surface area contributed by atoms with Crippen LogP contribution in [-0.2, 0) is 17.3 Å². The van der Waals surface area contributed by atoms with Crippen LogP contribution < -0.4 is 10.6 Å². The van der Waals surface area contributed by atoms with Crippen LogP contribution in [0.4, 0.5) is 6.01 Å². The molecule has 6 nitrogen and oxygen atoms in total. The van der Waals surface area contributed by atoms with Gasteiger partial charge in [-0.15, -0.1) is 5.10 Å². The van der Waals surface area contributed by atoms with Crippen molar-refractivity contribution < 1.29 is 8.63 Å². The van der Waals surface area contributed by atoms with Gasteiger partial charge < -0.3 is 15.1 Å². The number of hydrogen-bond acceptors (Lipinski definition) is 6. The minimum atomic E-state index is -0.801. The van der Waals surface area contributed by atoms with Crippen molar-refractivity contribution in [3.8, 4) is 0 Å². The van der Waals surface area contributed by atoms with Crippen LogP contribution >= 0.6 is 0 Å². The summed E-state index contributed by atoms with van der Waals surface area (Å²) in [6, 6.07) is 0.376. The SMILES string of the molecule is CNCc1nnc(NCCS(C)=O)o1. The van der Waals surface area contributed by atoms with Gasteiger partial charge in [-0.3, -0.25) is 4.21 Å². The third-order valence-corrected chi connectivity index (χ3v) is 2.24. The lowest BCUT2D eigenvalue weighted by molar-refractivity contribution is 0.490. The van der Waals surface area contributed by atoms with Gasteiger partial charge in [-0.05, 0) is 7.05 Å². The minimum Gasteiger partial charge on any atom is -0.407 e. The van der Waals surface area contributed by atoms with Crippen LogP contribution in [0.15, 0.2) is 4.42 Å². The lowest BCUT2D eigenvalue weighted by Crippen LogP contribution is -2.09. The van der Waals surface area contributed by atoms with Gasteiger partial charge in [0.25, 0.3) is 0 Å². The molecule has 1 heterocycles. The maximum atomic E-state index is 10.7. The molecule has 7 heteroatoms. The summed E-state index contributed by atoms with van der Waals surface area (Å²) in [7, 11) is 1.00. The molecule has 1 rings (SSSR count). The fourth-order valence-corrected chi connectivity index (χ4v) is 1.24. The average molecular weight is 218 g/mol. The Kier molecular flexibility index (Phi) is 4.54. The van der Waals surface area contributed by atoms with Crippen LogP contribution in [0.3, 0.4) is 0 Å². The fraction of sp³-hybridized carbons (Fsp3) is 0.714. The first-order valence-electron chi connectivity index (χ1n) is 4.23. The largest absolute Gasteiger partial charge is 0.407 e. The number of hydrogen-bond donors (Lipinski definition) is 2. The zero-order valence-corrected chi connectivity index (χ0v) is 9.06. The average Bonchev–Trinajstić information content (AvgIpc) is 2.53. The van der Waals surface area contributed by atoms with Crippen molar-refractivity contribution in [2.45, 2.75) is 6.54 Å². The fourth-order valence-electron chi connectivity index (χ4n) is 0.849. The van der Waals surface area contributed by atoms with Gasteiger partial charge in [0, 0.05) is 29.4 Å². The summed E-state index contributed by atoms with van der Waals surface area (Å²) < 4.78 is 15.9. The standard InChI is InChI=1S/C7H14N4O2S/c1-8-5-6-10-11-7(13-6)9-3-4-14(2)12/h8H,3-5H2,1-2H3,(H,9,11). The zero-order chi connectivity index (χ0) is 10.4. The molecule has 0 saturated heterocycles. The second-order valence-corrected chi connectivity index (χ2v) is 4.29. The Morgan fingerprint density at radius 3 is 2.93 bits per heavy atom. The molecule has 0 aliphatic heterocycles. The molecule has 80 valence electrons. The lowest BCUT2D eigenvalue weighted by atomic mass is 10.6. The maximum Gasteiger partial charge on any atom is 0.315 e. The van der Waals surface area contributed by atoms with Crippen LogP contribution in [0.5, 0.6) is 0 Å². The predicted octanol–water partition coefficient (Wildman–Crippen LogP) is -0.421. The number of rotatable bonds is 6. The van der Waals surface area contributed by atoms with E-state index in [1.165, 1.54) is 0 Å². The predicted molar refractivity (Wildman–Crippen MR) is 54.5 cm³/mol. The van der Waals surface area contributed by atoms with Crippen molar-refractivity contribution in [2.24, 2.45) is 0 Å². The Bertz CT molecular complexity index is 302. The van der Waals surface area contributed by atoms with Crippen molar-refractivity contribution in [1.82, 2.24) is 15.5 Å². The summed E-state index contributed by atoms with van der Waals surface area (Å²) in [5.41, 5.74) is 0. The van der Waals surface area contributed by atoms with E-state index in [2.05, 4.69) is 20.8 Å². The highest BCUT2D eigenvalue weighted by Crippen LogP contribution is 2.03. The topological polar surface area (TPSA) is 80.0 Å². The van der Waals surface area contributed by atoms with E-state index < -0.39 is 10.8 Å². The number of aromatic nitrogens is 2. The molecular weight excluding hydrogens is 204 g/mol. The molecule has 0 aliphatic rings. The van der Waals surface area contributed by atoms with Crippen molar-refractivity contribution >= 4 is 16.8 Å². The number of nitrogens with zero attached hydrogens (tertiary/aromatic N) is 2. The van der Waals surface area contributed by atoms with E-state index in [-0.39, 0.29) is 0 Å². The van der Waals surface area contributed by atoms with Gasteiger partial charge in [0.1, 0.15) is 0 Å². The summed E-state index contributed by atoms with van der Waals surface area (Å²) in [6.07, 6.45) is 1.65. The minimum absolute atomic E-state index is 0.376. The van der Waals surface area contributed by atoms with Crippen LogP contribution in [0.25, 0.3) is 0 Å². The summed E-state index contributed by atoms with van der Waals surface area (Å²) in [5.74, 6) is 1.11. The summed E-state index contributed by atoms with van der Waals surface area (Å²) in [6.45, 7) is 1.12. The second kappa shape index (κ2) is 5.71. The molecule has 0 spiro atoms. The highest BCUT2D eigenvalue weighted by atomic mass is 32.2. The molecule has 0 saturated carbocycles. The molecular formula is C7H14N4O2S. The van der Waals surface area contributed by atoms with Crippen LogP contribution in [0, 0.1) is 0 Å². The first-order valence-corrected chi connectivity index (χ1v) is 5.96. The molecule has 14 heavy (non-hydrogen) atoms. The third kappa shape index (κ3) is 3.84. The smallest absolute Gasteiger partial charge is 0.315 e. The molecule has 0 bridgehead atoms. The van der Waals surface area contributed by atoms with Gasteiger partial charge in [-0.25, -0.2) is 0 Å². The maximum absolute atomic E-state index is 10.7. The van der Waals surface area contributed by atoms with E-state index in [1.54, 1.807) is 13.3 Å². The molecule has 0 amide bonds. The van der Waals surface area contributed by atoms with Gasteiger partial charge >= 0.3 is 6.01 Å². The van der Waals surface area contributed by atoms with Crippen molar-refractivity contribution in [1.29, 1.82) is 0 Å². The van der Waals surface area contributed by atoms with E-state index in [9.17, 15) is 4.21 Å². The highest BCUT2D eigenvalue weighted by Gasteiger charge is 2.03. The molecule has 2 N–H and O–H groups in total. The van der Waals surface area contributed by atoms with E-state index in [1.807, 2.05) is 0 Å². The van der Waals surface area contributed by atoms with Crippen molar-refractivity contribution in [3.05, 3.63) is 5.89 Å². The van der Waals surface area contributed by atoms with Gasteiger partial charge in [-0.1, -0.05) is 5.10 Å². The Labute approximate surface area is 84.9 Å². The van der Waals surface area contributed by atoms with Gasteiger partial charge in [-0.2, -0.15) is 0 Å². The Morgan fingerprint density at radius 2 is 2.29 bits per heavy atom. The number of anilines is 1. The van der Waals surface area contributed by atoms with Crippen LogP contribution in [-0.4, -0.2) is 40.0 Å². The molecule has 0 fully saturated rings. The molecule has 0 aromatic carbocycles. The van der Waals surface area contributed by atoms with E-state index in [0.717, 1.165) is 0 Å². The first-order chi connectivity index (χ1) is 6.72. The third-order valence-electron chi connectivity index (χ3n) is 1.46. The summed E-state index contributed by atoms with van der Waals surface area (Å²) >= 11 is 0. The number of nitrogens with one attached hydrogen (secondary N) is 2. The first kappa shape index (κ1) is 11.1. The second-order valence-electron chi connectivity index (χ2n) is 2.74. The van der Waals surface area contributed by atoms with Crippen molar-refractivity contribution in [2.75, 3.05) is 30.9 Å². The Hall–Kier alpha value is -0.950. The summed E-state index contributed by atoms with van der Waals surface area (Å²) in [5, 5.41) is 13.3.